The third kappa shape index (κ3) is 23.4. The number of rotatable bonds is 7. The summed E-state index contributed by atoms with van der Waals surface area (Å²) >= 11 is 0. The van der Waals surface area contributed by atoms with Crippen molar-refractivity contribution in [1.82, 2.24) is 4.98 Å². The zero-order valence-electron chi connectivity index (χ0n) is 67.1. The lowest BCUT2D eigenvalue weighted by Gasteiger charge is -2.27. The van der Waals surface area contributed by atoms with E-state index in [1.807, 2.05) is 12.1 Å². The normalized spacial score (nSPS) is 11.5. The van der Waals surface area contributed by atoms with E-state index in [0.29, 0.717) is 0 Å². The Morgan fingerprint density at radius 3 is 0.762 bits per heavy atom. The van der Waals surface area contributed by atoms with Crippen LogP contribution in [0.1, 0.15) is 175 Å². The highest BCUT2D eigenvalue weighted by atomic mass is 14.7. The maximum absolute atomic E-state index is 4.89. The number of pyridine rings is 1. The summed E-state index contributed by atoms with van der Waals surface area (Å²) in [5.74, 6) is 0. The van der Waals surface area contributed by atoms with E-state index in [9.17, 15) is 0 Å². The smallest absolute Gasteiger partial charge is 0.0712 e. The molecule has 0 aliphatic rings. The second kappa shape index (κ2) is 36.0. The topological polar surface area (TPSA) is 12.9 Å². The maximum atomic E-state index is 4.89. The Balaban J connectivity index is 0.000000162. The lowest BCUT2D eigenvalue weighted by Crippen LogP contribution is -2.14. The van der Waals surface area contributed by atoms with Crippen LogP contribution in [0.15, 0.2) is 328 Å². The molecule has 0 aliphatic carbocycles. The molecule has 13 rings (SSSR count). The van der Waals surface area contributed by atoms with Crippen LogP contribution in [-0.4, -0.2) is 4.98 Å². The molecule has 13 aromatic rings. The first-order valence-electron chi connectivity index (χ1n) is 37.6. The third-order valence-electron chi connectivity index (χ3n) is 18.8. The minimum absolute atomic E-state index is 0.0810. The third-order valence-corrected chi connectivity index (χ3v) is 18.8. The Bertz CT molecular complexity index is 4440. The Morgan fingerprint density at radius 1 is 0.181 bits per heavy atom. The van der Waals surface area contributed by atoms with Crippen LogP contribution in [0.4, 0.5) is 0 Å². The fourth-order valence-corrected chi connectivity index (χ4v) is 13.6. The van der Waals surface area contributed by atoms with Gasteiger partial charge in [0.1, 0.15) is 0 Å². The molecule has 1 heterocycles. The van der Waals surface area contributed by atoms with E-state index in [-0.39, 0.29) is 32.5 Å². The van der Waals surface area contributed by atoms with E-state index in [1.54, 1.807) is 0 Å². The molecule has 0 saturated heterocycles. The van der Waals surface area contributed by atoms with Gasteiger partial charge in [-0.2, -0.15) is 0 Å². The standard InChI is InChI=1S/2C22H22.C21H21N.C16H18.C12H18.C11H16/c1-22(2,3)21-19(17-11-6-4-7-12-17)15-10-16-20(21)18-13-8-5-9-14-18;1-22(2,3)21-15-19(17-10-6-4-7-11-17)14-20(16-21)18-12-8-5-9-13-18;1-21(2,3)18-14-19(16-10-6-4-7-11-16)22-20(15-18)17-12-8-5-9-13-17;1-16(2,3)15-12-8-7-11-14(15)13-9-5-4-6-10-13;1-9-7-6-8-10(2)11(9)12(3,4)5;1-9-7-5-6-8-10(9)11(2,3)4/h2*4-16H,1-3H3;4-15H,1-3H3;4-12H,1-3H3;6-8H,1-5H3;5-8H,1-4H3. The van der Waals surface area contributed by atoms with E-state index in [2.05, 4.69) is 461 Å². The van der Waals surface area contributed by atoms with Gasteiger partial charge in [-0.25, -0.2) is 4.98 Å². The second-order valence-corrected chi connectivity index (χ2v) is 33.8. The molecule has 105 heavy (non-hydrogen) atoms. The van der Waals surface area contributed by atoms with Crippen molar-refractivity contribution in [2.75, 3.05) is 0 Å². The zero-order chi connectivity index (χ0) is 76.2. The van der Waals surface area contributed by atoms with Crippen LogP contribution in [-0.2, 0) is 32.5 Å². The summed E-state index contributed by atoms with van der Waals surface area (Å²) in [7, 11) is 0. The van der Waals surface area contributed by atoms with Gasteiger partial charge in [0.15, 0.2) is 0 Å². The lowest BCUT2D eigenvalue weighted by atomic mass is 9.77. The highest BCUT2D eigenvalue weighted by molar-refractivity contribution is 5.81. The first-order valence-corrected chi connectivity index (χ1v) is 37.6. The molecular formula is C104H117N. The van der Waals surface area contributed by atoms with Gasteiger partial charge in [0.2, 0.25) is 0 Å². The number of aromatic nitrogens is 1. The number of nitrogens with zero attached hydrogens (tertiary/aromatic N) is 1. The molecule has 1 heteroatoms. The minimum atomic E-state index is 0.0810. The average Bonchev–Trinajstić information content (AvgIpc) is 0.876. The number of benzene rings is 12. The van der Waals surface area contributed by atoms with Crippen molar-refractivity contribution in [2.24, 2.45) is 0 Å². The molecular weight excluding hydrogens is 1260 g/mol. The molecule has 0 spiro atoms. The van der Waals surface area contributed by atoms with Gasteiger partial charge >= 0.3 is 0 Å². The molecule has 0 aliphatic heterocycles. The fourth-order valence-electron chi connectivity index (χ4n) is 13.6. The summed E-state index contributed by atoms with van der Waals surface area (Å²) in [6.07, 6.45) is 0. The molecule has 1 nitrogen and oxygen atoms in total. The van der Waals surface area contributed by atoms with Gasteiger partial charge in [0.05, 0.1) is 11.4 Å². The summed E-state index contributed by atoms with van der Waals surface area (Å²) in [6.45, 7) is 47.3. The van der Waals surface area contributed by atoms with Gasteiger partial charge in [0.25, 0.3) is 0 Å². The Morgan fingerprint density at radius 2 is 0.448 bits per heavy atom. The van der Waals surface area contributed by atoms with Gasteiger partial charge in [-0.1, -0.05) is 434 Å². The summed E-state index contributed by atoms with van der Waals surface area (Å²) in [5, 5.41) is 0. The molecule has 0 bridgehead atoms. The van der Waals surface area contributed by atoms with Crippen LogP contribution < -0.4 is 0 Å². The Kier molecular flexibility index (Phi) is 27.6. The first kappa shape index (κ1) is 80.5. The van der Waals surface area contributed by atoms with Crippen LogP contribution in [0.25, 0.3) is 78.1 Å². The minimum Gasteiger partial charge on any atom is -0.248 e. The maximum Gasteiger partial charge on any atom is 0.0712 e. The molecule has 0 atom stereocenters. The van der Waals surface area contributed by atoms with E-state index in [0.717, 1.165) is 22.5 Å². The molecule has 0 unspecified atom stereocenters. The number of hydrogen-bond acceptors (Lipinski definition) is 1. The molecule has 0 fully saturated rings. The van der Waals surface area contributed by atoms with Crippen molar-refractivity contribution < 1.29 is 0 Å². The first-order chi connectivity index (χ1) is 49.7. The molecule has 0 saturated carbocycles. The SMILES string of the molecule is CC(C)(C)c1c(-c2ccccc2)cccc1-c1ccccc1.CC(C)(C)c1cc(-c2ccccc2)cc(-c2ccccc2)c1.CC(C)(C)c1cc(-c2ccccc2)nc(-c2ccccc2)c1.CC(C)(C)c1ccccc1-c1ccccc1.Cc1cccc(C)c1C(C)(C)C.Cc1ccccc1C(C)(C)C. The van der Waals surface area contributed by atoms with Crippen molar-refractivity contribution in [3.05, 3.63) is 378 Å². The largest absolute Gasteiger partial charge is 0.248 e. The molecule has 0 radical (unpaired) electrons. The zero-order valence-corrected chi connectivity index (χ0v) is 67.1. The van der Waals surface area contributed by atoms with E-state index in [4.69, 9.17) is 4.98 Å². The van der Waals surface area contributed by atoms with Crippen molar-refractivity contribution in [1.29, 1.82) is 0 Å². The second-order valence-electron chi connectivity index (χ2n) is 33.8. The van der Waals surface area contributed by atoms with Gasteiger partial charge in [-0.3, -0.25) is 0 Å². The highest BCUT2D eigenvalue weighted by Gasteiger charge is 2.25. The summed E-state index contributed by atoms with van der Waals surface area (Å²) < 4.78 is 0. The molecule has 0 amide bonds. The van der Waals surface area contributed by atoms with Crippen molar-refractivity contribution in [2.45, 2.75) is 178 Å². The van der Waals surface area contributed by atoms with Gasteiger partial charge < -0.3 is 0 Å². The Hall–Kier alpha value is -10.2. The van der Waals surface area contributed by atoms with E-state index in [1.165, 1.54) is 106 Å². The van der Waals surface area contributed by atoms with Crippen molar-refractivity contribution in [3.8, 4) is 78.1 Å². The van der Waals surface area contributed by atoms with Crippen molar-refractivity contribution in [3.63, 3.8) is 0 Å². The van der Waals surface area contributed by atoms with E-state index < -0.39 is 0 Å². The summed E-state index contributed by atoms with van der Waals surface area (Å²) in [6, 6.07) is 116. The lowest BCUT2D eigenvalue weighted by molar-refractivity contribution is 0.582. The van der Waals surface area contributed by atoms with Crippen LogP contribution in [0.5, 0.6) is 0 Å². The fraction of sp³-hybridized carbons (Fsp3) is 0.260. The number of hydrogen-bond donors (Lipinski definition) is 0. The molecule has 12 aromatic carbocycles. The predicted molar refractivity (Wildman–Crippen MR) is 461 cm³/mol. The van der Waals surface area contributed by atoms with Gasteiger partial charge in [-0.05, 0) is 177 Å². The van der Waals surface area contributed by atoms with Crippen LogP contribution >= 0.6 is 0 Å². The monoisotopic (exact) mass is 1380 g/mol. The quantitative estimate of drug-likeness (QED) is 0.155. The highest BCUT2D eigenvalue weighted by Crippen LogP contribution is 2.41. The van der Waals surface area contributed by atoms with Crippen LogP contribution in [0.3, 0.4) is 0 Å². The molecule has 538 valence electrons. The predicted octanol–water partition coefficient (Wildman–Crippen LogP) is 29.9. The van der Waals surface area contributed by atoms with Crippen molar-refractivity contribution >= 4 is 0 Å². The summed E-state index contributed by atoms with van der Waals surface area (Å²) in [5.41, 5.74) is 31.0. The average molecular weight is 1380 g/mol. The summed E-state index contributed by atoms with van der Waals surface area (Å²) in [4.78, 5) is 4.89. The van der Waals surface area contributed by atoms with Gasteiger partial charge in [-0.15, -0.1) is 0 Å². The van der Waals surface area contributed by atoms with Gasteiger partial charge in [0, 0.05) is 11.1 Å². The van der Waals surface area contributed by atoms with E-state index >= 15 is 0 Å². The van der Waals surface area contributed by atoms with Crippen LogP contribution in [0, 0.1) is 20.8 Å². The Labute approximate surface area is 634 Å². The number of aryl methyl sites for hydroxylation is 3. The molecule has 0 N–H and O–H groups in total. The molecule has 1 aromatic heterocycles. The van der Waals surface area contributed by atoms with Crippen LogP contribution in [0.2, 0.25) is 0 Å².